The molecule has 4 rings (SSSR count). The van der Waals surface area contributed by atoms with Crippen LogP contribution in [0.5, 0.6) is 0 Å². The SMILES string of the molecule is COC(=O)CCCN1C(=S)N[C@H](c2ccccn2)[C@H]1c1cccn1Cc1ccco1. The van der Waals surface area contributed by atoms with E-state index in [4.69, 9.17) is 21.4 Å². The van der Waals surface area contributed by atoms with Crippen molar-refractivity contribution in [3.63, 3.8) is 0 Å². The van der Waals surface area contributed by atoms with Crippen LogP contribution in [0.15, 0.2) is 65.5 Å². The van der Waals surface area contributed by atoms with Crippen LogP contribution in [0.2, 0.25) is 0 Å². The topological polar surface area (TPSA) is 72.5 Å². The second-order valence-electron chi connectivity index (χ2n) is 7.14. The molecular weight excluding hydrogens is 400 g/mol. The van der Waals surface area contributed by atoms with Crippen LogP contribution >= 0.6 is 12.2 Å². The van der Waals surface area contributed by atoms with Crippen molar-refractivity contribution in [2.45, 2.75) is 31.5 Å². The van der Waals surface area contributed by atoms with E-state index in [0.717, 1.165) is 17.1 Å². The highest BCUT2D eigenvalue weighted by molar-refractivity contribution is 7.80. The van der Waals surface area contributed by atoms with Crippen LogP contribution in [0.4, 0.5) is 0 Å². The van der Waals surface area contributed by atoms with Crippen LogP contribution in [-0.2, 0) is 16.1 Å². The highest BCUT2D eigenvalue weighted by atomic mass is 32.1. The fourth-order valence-electron chi connectivity index (χ4n) is 3.87. The Kier molecular flexibility index (Phi) is 6.13. The van der Waals surface area contributed by atoms with Crippen molar-refractivity contribution in [3.8, 4) is 0 Å². The fourth-order valence-corrected chi connectivity index (χ4v) is 4.21. The van der Waals surface area contributed by atoms with E-state index in [1.54, 1.807) is 12.5 Å². The van der Waals surface area contributed by atoms with Gasteiger partial charge in [0.05, 0.1) is 37.7 Å². The zero-order valence-electron chi connectivity index (χ0n) is 16.7. The summed E-state index contributed by atoms with van der Waals surface area (Å²) in [4.78, 5) is 18.3. The number of rotatable bonds is 8. The number of aromatic nitrogens is 2. The van der Waals surface area contributed by atoms with E-state index in [1.807, 2.05) is 42.6 Å². The van der Waals surface area contributed by atoms with Gasteiger partial charge in [-0.25, -0.2) is 0 Å². The summed E-state index contributed by atoms with van der Waals surface area (Å²) in [5.74, 6) is 0.666. The number of esters is 1. The molecule has 2 atom stereocenters. The third-order valence-corrected chi connectivity index (χ3v) is 5.63. The summed E-state index contributed by atoms with van der Waals surface area (Å²) in [5.41, 5.74) is 2.03. The van der Waals surface area contributed by atoms with Crippen LogP contribution in [0.25, 0.3) is 0 Å². The van der Waals surface area contributed by atoms with Crippen LogP contribution in [0.3, 0.4) is 0 Å². The lowest BCUT2D eigenvalue weighted by molar-refractivity contribution is -0.140. The van der Waals surface area contributed by atoms with Crippen LogP contribution < -0.4 is 5.32 Å². The van der Waals surface area contributed by atoms with E-state index in [-0.39, 0.29) is 18.1 Å². The molecule has 1 N–H and O–H groups in total. The second-order valence-corrected chi connectivity index (χ2v) is 7.53. The monoisotopic (exact) mass is 424 g/mol. The molecule has 0 unspecified atom stereocenters. The predicted molar refractivity (Wildman–Crippen MR) is 116 cm³/mol. The minimum atomic E-state index is -0.216. The third kappa shape index (κ3) is 4.23. The van der Waals surface area contributed by atoms with Gasteiger partial charge in [-0.15, -0.1) is 0 Å². The number of nitrogens with zero attached hydrogens (tertiary/aromatic N) is 3. The smallest absolute Gasteiger partial charge is 0.305 e. The summed E-state index contributed by atoms with van der Waals surface area (Å²) >= 11 is 5.68. The van der Waals surface area contributed by atoms with Gasteiger partial charge >= 0.3 is 5.97 Å². The molecule has 4 heterocycles. The van der Waals surface area contributed by atoms with Crippen molar-refractivity contribution in [2.24, 2.45) is 0 Å². The van der Waals surface area contributed by atoms with Gasteiger partial charge in [0.25, 0.3) is 0 Å². The number of methoxy groups -OCH3 is 1. The molecule has 0 bridgehead atoms. The first-order chi connectivity index (χ1) is 14.7. The Morgan fingerprint density at radius 3 is 2.90 bits per heavy atom. The molecule has 0 aromatic carbocycles. The molecule has 7 nitrogen and oxygen atoms in total. The summed E-state index contributed by atoms with van der Waals surface area (Å²) in [6.45, 7) is 1.27. The quantitative estimate of drug-likeness (QED) is 0.439. The van der Waals surface area contributed by atoms with Gasteiger partial charge in [-0.1, -0.05) is 6.07 Å². The van der Waals surface area contributed by atoms with Crippen LogP contribution in [-0.4, -0.2) is 39.2 Å². The summed E-state index contributed by atoms with van der Waals surface area (Å²) in [5, 5.41) is 4.10. The molecule has 0 amide bonds. The molecule has 0 radical (unpaired) electrons. The fraction of sp³-hybridized carbons (Fsp3) is 0.318. The Balaban J connectivity index is 1.64. The molecule has 1 aliphatic heterocycles. The van der Waals surface area contributed by atoms with Crippen molar-refractivity contribution in [3.05, 3.63) is 78.3 Å². The molecule has 0 aliphatic carbocycles. The van der Waals surface area contributed by atoms with E-state index < -0.39 is 0 Å². The Labute approximate surface area is 180 Å². The Bertz CT molecular complexity index is 987. The molecule has 8 heteroatoms. The average molecular weight is 425 g/mol. The molecule has 30 heavy (non-hydrogen) atoms. The highest BCUT2D eigenvalue weighted by Crippen LogP contribution is 2.39. The Morgan fingerprint density at radius 2 is 2.17 bits per heavy atom. The Morgan fingerprint density at radius 1 is 1.27 bits per heavy atom. The van der Waals surface area contributed by atoms with Gasteiger partial charge < -0.3 is 23.9 Å². The molecule has 1 aliphatic rings. The lowest BCUT2D eigenvalue weighted by Gasteiger charge is -2.28. The van der Waals surface area contributed by atoms with Gasteiger partial charge in [-0.3, -0.25) is 9.78 Å². The Hall–Kier alpha value is -3.13. The number of thiocarbonyl (C=S) groups is 1. The minimum Gasteiger partial charge on any atom is -0.469 e. The van der Waals surface area contributed by atoms with E-state index in [9.17, 15) is 4.79 Å². The summed E-state index contributed by atoms with van der Waals surface area (Å²) in [7, 11) is 1.41. The maximum Gasteiger partial charge on any atom is 0.305 e. The maximum atomic E-state index is 11.6. The number of pyridine rings is 1. The van der Waals surface area contributed by atoms with Crippen molar-refractivity contribution < 1.29 is 13.9 Å². The molecule has 0 saturated carbocycles. The van der Waals surface area contributed by atoms with Gasteiger partial charge in [-0.05, 0) is 55.0 Å². The van der Waals surface area contributed by atoms with Crippen LogP contribution in [0.1, 0.15) is 42.1 Å². The second kappa shape index (κ2) is 9.13. The minimum absolute atomic E-state index is 0.0602. The van der Waals surface area contributed by atoms with Gasteiger partial charge in [-0.2, -0.15) is 0 Å². The average Bonchev–Trinajstić information content (AvgIpc) is 3.50. The molecule has 0 spiro atoms. The van der Waals surface area contributed by atoms with Gasteiger partial charge in [0.15, 0.2) is 5.11 Å². The molecule has 1 saturated heterocycles. The summed E-state index contributed by atoms with van der Waals surface area (Å²) < 4.78 is 12.5. The number of carbonyl (C=O) groups excluding carboxylic acids is 1. The third-order valence-electron chi connectivity index (χ3n) is 5.28. The molecule has 3 aromatic rings. The van der Waals surface area contributed by atoms with Crippen LogP contribution in [0, 0.1) is 0 Å². The number of furan rings is 1. The largest absolute Gasteiger partial charge is 0.469 e. The van der Waals surface area contributed by atoms with Crippen molar-refractivity contribution in [1.82, 2.24) is 19.8 Å². The summed E-state index contributed by atoms with van der Waals surface area (Å²) in [6, 6.07) is 13.7. The first kappa shape index (κ1) is 20.2. The number of nitrogens with one attached hydrogen (secondary N) is 1. The summed E-state index contributed by atoms with van der Waals surface area (Å²) in [6.07, 6.45) is 6.52. The zero-order chi connectivity index (χ0) is 20.9. The van der Waals surface area contributed by atoms with E-state index in [2.05, 4.69) is 25.8 Å². The standard InChI is InChI=1S/C22H24N4O3S/c1-28-19(27)10-5-13-26-21(20(24-22(26)30)17-8-2-3-11-23-17)18-9-4-12-25(18)15-16-7-6-14-29-16/h2-4,6-9,11-12,14,20-21H,5,10,13,15H2,1H3,(H,24,30)/t20-,21-/m1/s1. The van der Waals surface area contributed by atoms with Gasteiger partial charge in [0, 0.05) is 31.1 Å². The number of carbonyl (C=O) groups is 1. The van der Waals surface area contributed by atoms with Gasteiger partial charge in [0.1, 0.15) is 5.76 Å². The van der Waals surface area contributed by atoms with Crippen molar-refractivity contribution >= 4 is 23.3 Å². The maximum absolute atomic E-state index is 11.6. The molecule has 1 fully saturated rings. The lowest BCUT2D eigenvalue weighted by Crippen LogP contribution is -2.32. The molecular formula is C22H24N4O3S. The predicted octanol–water partition coefficient (Wildman–Crippen LogP) is 3.45. The lowest BCUT2D eigenvalue weighted by atomic mass is 10.0. The normalized spacial score (nSPS) is 18.4. The number of ether oxygens (including phenoxy) is 1. The molecule has 156 valence electrons. The van der Waals surface area contributed by atoms with Gasteiger partial charge in [0.2, 0.25) is 0 Å². The number of hydrogen-bond acceptors (Lipinski definition) is 5. The van der Waals surface area contributed by atoms with Crippen molar-refractivity contribution in [2.75, 3.05) is 13.7 Å². The van der Waals surface area contributed by atoms with Crippen molar-refractivity contribution in [1.29, 1.82) is 0 Å². The van der Waals surface area contributed by atoms with E-state index in [1.165, 1.54) is 7.11 Å². The zero-order valence-corrected chi connectivity index (χ0v) is 17.5. The van der Waals surface area contributed by atoms with E-state index >= 15 is 0 Å². The molecule has 3 aromatic heterocycles. The van der Waals surface area contributed by atoms with E-state index in [0.29, 0.717) is 31.0 Å². The highest BCUT2D eigenvalue weighted by Gasteiger charge is 2.40. The first-order valence-electron chi connectivity index (χ1n) is 9.89. The number of hydrogen-bond donors (Lipinski definition) is 1. The first-order valence-corrected chi connectivity index (χ1v) is 10.3.